The van der Waals surface area contributed by atoms with Gasteiger partial charge in [-0.15, -0.1) is 0 Å². The molecule has 0 aliphatic carbocycles. The molecule has 2 aromatic rings. The third kappa shape index (κ3) is 4.36. The Labute approximate surface area is 157 Å². The van der Waals surface area contributed by atoms with Crippen LogP contribution in [0.4, 0.5) is 0 Å². The summed E-state index contributed by atoms with van der Waals surface area (Å²) in [6.07, 6.45) is 5.20. The molecular formula is C20H20N4O3. The smallest absolute Gasteiger partial charge is 0.271 e. The Bertz CT molecular complexity index is 888. The number of carbonyl (C=O) groups is 1. The Kier molecular flexibility index (Phi) is 5.90. The maximum Gasteiger partial charge on any atom is 0.271 e. The number of rotatable bonds is 7. The zero-order chi connectivity index (χ0) is 19.1. The number of ether oxygens (including phenoxy) is 2. The minimum atomic E-state index is -0.230. The lowest BCUT2D eigenvalue weighted by Crippen LogP contribution is -2.31. The van der Waals surface area contributed by atoms with Crippen molar-refractivity contribution < 1.29 is 14.3 Å². The zero-order valence-electron chi connectivity index (χ0n) is 15.0. The highest BCUT2D eigenvalue weighted by molar-refractivity contribution is 6.00. The Balaban J connectivity index is 1.65. The molecule has 1 aliphatic heterocycles. The zero-order valence-corrected chi connectivity index (χ0v) is 15.0. The van der Waals surface area contributed by atoms with Crippen LogP contribution in [0.15, 0.2) is 48.4 Å². The Hall–Kier alpha value is -3.53. The molecule has 2 N–H and O–H groups in total. The number of nitrogens with zero attached hydrogens (tertiary/aromatic N) is 2. The van der Waals surface area contributed by atoms with Crippen LogP contribution in [0, 0.1) is 11.3 Å². The predicted molar refractivity (Wildman–Crippen MR) is 99.3 cm³/mol. The summed E-state index contributed by atoms with van der Waals surface area (Å²) < 4.78 is 10.7. The summed E-state index contributed by atoms with van der Waals surface area (Å²) in [5.41, 5.74) is 2.59. The van der Waals surface area contributed by atoms with E-state index in [9.17, 15) is 10.1 Å². The van der Waals surface area contributed by atoms with Crippen LogP contribution in [0.2, 0.25) is 0 Å². The van der Waals surface area contributed by atoms with Gasteiger partial charge in [-0.05, 0) is 48.7 Å². The quantitative estimate of drug-likeness (QED) is 0.729. The van der Waals surface area contributed by atoms with E-state index in [1.165, 1.54) is 12.7 Å². The molecular weight excluding hydrogens is 344 g/mol. The molecule has 1 aliphatic rings. The fraction of sp³-hybridized carbons (Fsp3) is 0.250. The Morgan fingerprint density at radius 3 is 2.93 bits per heavy atom. The number of pyridine rings is 1. The van der Waals surface area contributed by atoms with Crippen LogP contribution in [-0.4, -0.2) is 31.3 Å². The minimum absolute atomic E-state index is 0.211. The average Bonchev–Trinajstić information content (AvgIpc) is 3.21. The van der Waals surface area contributed by atoms with Crippen molar-refractivity contribution in [2.45, 2.75) is 12.8 Å². The lowest BCUT2D eigenvalue weighted by atomic mass is 10.1. The first-order valence-electron chi connectivity index (χ1n) is 8.59. The second kappa shape index (κ2) is 8.72. The van der Waals surface area contributed by atoms with Crippen LogP contribution >= 0.6 is 0 Å². The van der Waals surface area contributed by atoms with E-state index in [1.54, 1.807) is 30.6 Å². The fourth-order valence-electron chi connectivity index (χ4n) is 2.81. The van der Waals surface area contributed by atoms with Crippen LogP contribution in [0.3, 0.4) is 0 Å². The largest absolute Gasteiger partial charge is 0.495 e. The van der Waals surface area contributed by atoms with Crippen molar-refractivity contribution in [3.63, 3.8) is 0 Å². The first kappa shape index (κ1) is 18.3. The normalized spacial score (nSPS) is 12.7. The van der Waals surface area contributed by atoms with E-state index in [-0.39, 0.29) is 12.6 Å². The van der Waals surface area contributed by atoms with E-state index < -0.39 is 0 Å². The molecule has 0 saturated heterocycles. The summed E-state index contributed by atoms with van der Waals surface area (Å²) in [6.45, 7) is 0.759. The molecule has 0 spiro atoms. The van der Waals surface area contributed by atoms with Crippen LogP contribution in [-0.2, 0) is 16.0 Å². The number of benzene rings is 1. The molecule has 7 heteroatoms. The van der Waals surface area contributed by atoms with Crippen molar-refractivity contribution in [3.05, 3.63) is 65.1 Å². The molecule has 0 fully saturated rings. The van der Waals surface area contributed by atoms with E-state index in [4.69, 9.17) is 9.47 Å². The molecule has 0 atom stereocenters. The molecule has 1 aromatic heterocycles. The standard InChI is InChI=1S/C20H20N4O3/c1-26-17-5-4-15(11-16(17)12-21)19-18(24-13-27-19)20(25)23-8-2-3-14-6-9-22-10-7-14/h4-7,9-11,24H,2-3,8,13H2,1H3,(H,23,25). The van der Waals surface area contributed by atoms with Crippen LogP contribution < -0.4 is 15.4 Å². The molecule has 0 bridgehead atoms. The number of nitriles is 1. The average molecular weight is 364 g/mol. The summed E-state index contributed by atoms with van der Waals surface area (Å²) in [4.78, 5) is 16.5. The monoisotopic (exact) mass is 364 g/mol. The highest BCUT2D eigenvalue weighted by Gasteiger charge is 2.24. The van der Waals surface area contributed by atoms with Crippen LogP contribution in [0.5, 0.6) is 5.75 Å². The van der Waals surface area contributed by atoms with Crippen molar-refractivity contribution in [1.29, 1.82) is 5.26 Å². The van der Waals surface area contributed by atoms with E-state index in [0.717, 1.165) is 12.8 Å². The van der Waals surface area contributed by atoms with Crippen molar-refractivity contribution >= 4 is 11.7 Å². The second-order valence-corrected chi connectivity index (χ2v) is 5.91. The van der Waals surface area contributed by atoms with Gasteiger partial charge in [0.15, 0.2) is 12.5 Å². The molecule has 1 amide bonds. The molecule has 7 nitrogen and oxygen atoms in total. The molecule has 1 aromatic carbocycles. The van der Waals surface area contributed by atoms with Crippen LogP contribution in [0.1, 0.15) is 23.1 Å². The van der Waals surface area contributed by atoms with E-state index in [0.29, 0.717) is 34.9 Å². The van der Waals surface area contributed by atoms with Gasteiger partial charge in [-0.3, -0.25) is 9.78 Å². The summed E-state index contributed by atoms with van der Waals surface area (Å²) in [7, 11) is 1.51. The highest BCUT2D eigenvalue weighted by atomic mass is 16.5. The molecule has 3 rings (SSSR count). The molecule has 0 radical (unpaired) electrons. The third-order valence-corrected chi connectivity index (χ3v) is 4.18. The Morgan fingerprint density at radius 1 is 1.37 bits per heavy atom. The van der Waals surface area contributed by atoms with Crippen molar-refractivity contribution in [2.75, 3.05) is 20.4 Å². The summed E-state index contributed by atoms with van der Waals surface area (Å²) >= 11 is 0. The second-order valence-electron chi connectivity index (χ2n) is 5.91. The lowest BCUT2D eigenvalue weighted by Gasteiger charge is -2.09. The van der Waals surface area contributed by atoms with Gasteiger partial charge < -0.3 is 20.1 Å². The van der Waals surface area contributed by atoms with Gasteiger partial charge in [0, 0.05) is 24.5 Å². The van der Waals surface area contributed by atoms with Crippen molar-refractivity contribution in [2.24, 2.45) is 0 Å². The maximum absolute atomic E-state index is 12.5. The van der Waals surface area contributed by atoms with E-state index in [2.05, 4.69) is 21.7 Å². The molecule has 27 heavy (non-hydrogen) atoms. The molecule has 0 unspecified atom stereocenters. The van der Waals surface area contributed by atoms with Gasteiger partial charge in [0.25, 0.3) is 5.91 Å². The molecule has 0 saturated carbocycles. The molecule has 2 heterocycles. The number of nitrogens with one attached hydrogen (secondary N) is 2. The predicted octanol–water partition coefficient (Wildman–Crippen LogP) is 1.96. The number of amides is 1. The molecule has 138 valence electrons. The number of hydrogen-bond donors (Lipinski definition) is 2. The van der Waals surface area contributed by atoms with Gasteiger partial charge in [-0.2, -0.15) is 5.26 Å². The van der Waals surface area contributed by atoms with Gasteiger partial charge >= 0.3 is 0 Å². The maximum atomic E-state index is 12.5. The van der Waals surface area contributed by atoms with E-state index >= 15 is 0 Å². The Morgan fingerprint density at radius 2 is 2.19 bits per heavy atom. The number of aryl methyl sites for hydroxylation is 1. The van der Waals surface area contributed by atoms with E-state index in [1.807, 2.05) is 12.1 Å². The SMILES string of the molecule is COc1ccc(C2=C(C(=O)NCCCc3ccncc3)NCO2)cc1C#N. The topological polar surface area (TPSA) is 96.3 Å². The summed E-state index contributed by atoms with van der Waals surface area (Å²) in [5.74, 6) is 0.683. The number of hydrogen-bond acceptors (Lipinski definition) is 6. The number of methoxy groups -OCH3 is 1. The van der Waals surface area contributed by atoms with Gasteiger partial charge in [0.2, 0.25) is 0 Å². The van der Waals surface area contributed by atoms with Gasteiger partial charge in [0.1, 0.15) is 17.5 Å². The van der Waals surface area contributed by atoms with Crippen molar-refractivity contribution in [3.8, 4) is 11.8 Å². The van der Waals surface area contributed by atoms with Crippen molar-refractivity contribution in [1.82, 2.24) is 15.6 Å². The van der Waals surface area contributed by atoms with Crippen LogP contribution in [0.25, 0.3) is 5.76 Å². The number of carbonyl (C=O) groups excluding carboxylic acids is 1. The lowest BCUT2D eigenvalue weighted by molar-refractivity contribution is -0.117. The highest BCUT2D eigenvalue weighted by Crippen LogP contribution is 2.27. The third-order valence-electron chi connectivity index (χ3n) is 4.18. The summed E-state index contributed by atoms with van der Waals surface area (Å²) in [5, 5.41) is 15.1. The first-order valence-corrected chi connectivity index (χ1v) is 8.59. The minimum Gasteiger partial charge on any atom is -0.495 e. The van der Waals surface area contributed by atoms with Gasteiger partial charge in [-0.1, -0.05) is 0 Å². The van der Waals surface area contributed by atoms with Gasteiger partial charge in [0.05, 0.1) is 12.7 Å². The fourth-order valence-corrected chi connectivity index (χ4v) is 2.81. The number of aromatic nitrogens is 1. The first-order chi connectivity index (χ1) is 13.2. The summed E-state index contributed by atoms with van der Waals surface area (Å²) in [6, 6.07) is 11.1. The van der Waals surface area contributed by atoms with Gasteiger partial charge in [-0.25, -0.2) is 0 Å².